The fourth-order valence-corrected chi connectivity index (χ4v) is 4.62. The molecular formula is C18H21N3O2S2. The van der Waals surface area contributed by atoms with Crippen molar-refractivity contribution < 1.29 is 4.79 Å². The van der Waals surface area contributed by atoms with Crippen molar-refractivity contribution in [3.05, 3.63) is 45.4 Å². The summed E-state index contributed by atoms with van der Waals surface area (Å²) in [5, 5.41) is 3.91. The smallest absolute Gasteiger partial charge is 0.267 e. The van der Waals surface area contributed by atoms with Crippen molar-refractivity contribution in [1.82, 2.24) is 9.55 Å². The van der Waals surface area contributed by atoms with Gasteiger partial charge in [0.2, 0.25) is 5.91 Å². The van der Waals surface area contributed by atoms with E-state index in [-0.39, 0.29) is 17.2 Å². The van der Waals surface area contributed by atoms with Crippen LogP contribution in [0, 0.1) is 13.8 Å². The number of aromatic nitrogens is 2. The Morgan fingerprint density at radius 3 is 2.96 bits per heavy atom. The minimum absolute atomic E-state index is 0.0169. The lowest BCUT2D eigenvalue weighted by molar-refractivity contribution is -0.113. The van der Waals surface area contributed by atoms with Gasteiger partial charge in [0.05, 0.1) is 16.3 Å². The molecule has 5 nitrogen and oxygen atoms in total. The second kappa shape index (κ2) is 7.25. The predicted octanol–water partition coefficient (Wildman–Crippen LogP) is 3.16. The molecule has 0 spiro atoms. The van der Waals surface area contributed by atoms with E-state index in [0.29, 0.717) is 10.4 Å². The molecule has 0 unspecified atom stereocenters. The van der Waals surface area contributed by atoms with Crippen molar-refractivity contribution in [2.45, 2.75) is 42.5 Å². The zero-order chi connectivity index (χ0) is 18.1. The van der Waals surface area contributed by atoms with Crippen LogP contribution in [0.25, 0.3) is 0 Å². The van der Waals surface area contributed by atoms with Crippen molar-refractivity contribution in [3.8, 4) is 0 Å². The third-order valence-electron chi connectivity index (χ3n) is 4.08. The van der Waals surface area contributed by atoms with Gasteiger partial charge in [-0.2, -0.15) is 0 Å². The van der Waals surface area contributed by atoms with Crippen LogP contribution in [0.2, 0.25) is 0 Å². The highest BCUT2D eigenvalue weighted by molar-refractivity contribution is 8.00. The Hall–Kier alpha value is -1.73. The van der Waals surface area contributed by atoms with Gasteiger partial charge in [0, 0.05) is 24.4 Å². The molecule has 0 bridgehead atoms. The summed E-state index contributed by atoms with van der Waals surface area (Å²) in [6, 6.07) is 5.96. The third-order valence-corrected chi connectivity index (χ3v) is 6.32. The fourth-order valence-electron chi connectivity index (χ4n) is 2.69. The van der Waals surface area contributed by atoms with Crippen LogP contribution in [-0.2, 0) is 18.3 Å². The highest BCUT2D eigenvalue weighted by Crippen LogP contribution is 2.33. The monoisotopic (exact) mass is 375 g/mol. The van der Waals surface area contributed by atoms with Crippen molar-refractivity contribution in [2.24, 2.45) is 7.05 Å². The van der Waals surface area contributed by atoms with Crippen LogP contribution in [-0.4, -0.2) is 26.5 Å². The van der Waals surface area contributed by atoms with Crippen LogP contribution in [0.15, 0.2) is 33.0 Å². The van der Waals surface area contributed by atoms with E-state index in [1.54, 1.807) is 23.4 Å². The highest BCUT2D eigenvalue weighted by atomic mass is 32.2. The van der Waals surface area contributed by atoms with Crippen LogP contribution in [0.3, 0.4) is 0 Å². The van der Waals surface area contributed by atoms with Gasteiger partial charge in [0.15, 0.2) is 5.16 Å². The van der Waals surface area contributed by atoms with Gasteiger partial charge in [0.25, 0.3) is 5.56 Å². The number of aryl methyl sites for hydroxylation is 2. The van der Waals surface area contributed by atoms with Gasteiger partial charge in [-0.05, 0) is 31.0 Å². The second-order valence-electron chi connectivity index (χ2n) is 6.32. The summed E-state index contributed by atoms with van der Waals surface area (Å²) in [5.41, 5.74) is 3.79. The number of anilines is 1. The van der Waals surface area contributed by atoms with E-state index < -0.39 is 0 Å². The Labute approximate surface area is 155 Å². The first-order valence-corrected chi connectivity index (χ1v) is 9.98. The molecule has 1 aromatic carbocycles. The maximum Gasteiger partial charge on any atom is 0.267 e. The lowest BCUT2D eigenvalue weighted by Crippen LogP contribution is -2.23. The van der Waals surface area contributed by atoms with Crippen LogP contribution in [0.4, 0.5) is 5.69 Å². The maximum absolute atomic E-state index is 12.4. The predicted molar refractivity (Wildman–Crippen MR) is 104 cm³/mol. The van der Waals surface area contributed by atoms with Crippen LogP contribution in [0.5, 0.6) is 0 Å². The molecule has 0 aliphatic carbocycles. The number of benzene rings is 1. The minimum atomic E-state index is -0.101. The summed E-state index contributed by atoms with van der Waals surface area (Å²) in [6.45, 7) is 6.05. The normalized spacial score (nSPS) is 15.9. The molecule has 2 aromatic rings. The summed E-state index contributed by atoms with van der Waals surface area (Å²) in [4.78, 5) is 30.1. The SMILES string of the molecule is Cc1ccc(C)c(NC(=O)CSc2nc3c(c(=O)n2C)S[C@@H](C)C3)c1. The van der Waals surface area contributed by atoms with Crippen LogP contribution >= 0.6 is 23.5 Å². The molecule has 2 heterocycles. The van der Waals surface area contributed by atoms with E-state index in [0.717, 1.165) is 33.8 Å². The van der Waals surface area contributed by atoms with Gasteiger partial charge in [-0.15, -0.1) is 11.8 Å². The topological polar surface area (TPSA) is 64.0 Å². The fraction of sp³-hybridized carbons (Fsp3) is 0.389. The summed E-state index contributed by atoms with van der Waals surface area (Å²) in [7, 11) is 1.71. The second-order valence-corrected chi connectivity index (χ2v) is 8.71. The molecule has 25 heavy (non-hydrogen) atoms. The molecule has 0 saturated carbocycles. The molecule has 1 amide bonds. The number of rotatable bonds is 4. The number of thioether (sulfide) groups is 2. The Balaban J connectivity index is 1.71. The number of nitrogens with one attached hydrogen (secondary N) is 1. The maximum atomic E-state index is 12.4. The molecule has 1 atom stereocenters. The number of fused-ring (bicyclic) bond motifs is 1. The van der Waals surface area contributed by atoms with Gasteiger partial charge < -0.3 is 5.32 Å². The van der Waals surface area contributed by atoms with Crippen molar-refractivity contribution >= 4 is 35.1 Å². The molecule has 1 aromatic heterocycles. The molecule has 3 rings (SSSR count). The summed E-state index contributed by atoms with van der Waals surface area (Å²) in [6.07, 6.45) is 0.804. The number of nitrogens with zero attached hydrogens (tertiary/aromatic N) is 2. The molecule has 1 N–H and O–H groups in total. The lowest BCUT2D eigenvalue weighted by atomic mass is 10.1. The third kappa shape index (κ3) is 3.93. The standard InChI is InChI=1S/C18H21N3O2S2/c1-10-5-6-11(2)13(7-10)19-15(22)9-24-18-20-14-8-12(3)25-16(14)17(23)21(18)4/h5-7,12H,8-9H2,1-4H3,(H,19,22)/t12-/m0/s1. The number of carbonyl (C=O) groups is 1. The molecule has 132 valence electrons. The Morgan fingerprint density at radius 1 is 1.44 bits per heavy atom. The quantitative estimate of drug-likeness (QED) is 0.657. The first-order chi connectivity index (χ1) is 11.8. The number of carbonyl (C=O) groups excluding carboxylic acids is 1. The van der Waals surface area contributed by atoms with Gasteiger partial charge >= 0.3 is 0 Å². The number of hydrogen-bond acceptors (Lipinski definition) is 5. The average Bonchev–Trinajstić information content (AvgIpc) is 2.93. The minimum Gasteiger partial charge on any atom is -0.325 e. The van der Waals surface area contributed by atoms with Crippen LogP contribution < -0.4 is 10.9 Å². The summed E-state index contributed by atoms with van der Waals surface area (Å²) < 4.78 is 1.54. The molecule has 7 heteroatoms. The van der Waals surface area contributed by atoms with E-state index in [2.05, 4.69) is 17.2 Å². The Kier molecular flexibility index (Phi) is 5.24. The van der Waals surface area contributed by atoms with E-state index in [4.69, 9.17) is 0 Å². The number of hydrogen-bond donors (Lipinski definition) is 1. The number of amides is 1. The van der Waals surface area contributed by atoms with Crippen LogP contribution in [0.1, 0.15) is 23.7 Å². The zero-order valence-corrected chi connectivity index (χ0v) is 16.4. The zero-order valence-electron chi connectivity index (χ0n) is 14.8. The van der Waals surface area contributed by atoms with Gasteiger partial charge in [-0.1, -0.05) is 30.8 Å². The van der Waals surface area contributed by atoms with Crippen molar-refractivity contribution in [3.63, 3.8) is 0 Å². The Bertz CT molecular complexity index is 893. The molecule has 0 fully saturated rings. The van der Waals surface area contributed by atoms with Crippen molar-refractivity contribution in [2.75, 3.05) is 11.1 Å². The van der Waals surface area contributed by atoms with E-state index in [1.807, 2.05) is 32.0 Å². The molecule has 0 saturated heterocycles. The van der Waals surface area contributed by atoms with E-state index >= 15 is 0 Å². The molecule has 0 radical (unpaired) electrons. The molecule has 1 aliphatic heterocycles. The van der Waals surface area contributed by atoms with E-state index in [9.17, 15) is 9.59 Å². The molecule has 1 aliphatic rings. The lowest BCUT2D eigenvalue weighted by Gasteiger charge is -2.11. The Morgan fingerprint density at radius 2 is 2.20 bits per heavy atom. The van der Waals surface area contributed by atoms with Gasteiger partial charge in [-0.3, -0.25) is 14.2 Å². The van der Waals surface area contributed by atoms with Crippen molar-refractivity contribution in [1.29, 1.82) is 0 Å². The van der Waals surface area contributed by atoms with Gasteiger partial charge in [-0.25, -0.2) is 4.98 Å². The molecular weight excluding hydrogens is 354 g/mol. The van der Waals surface area contributed by atoms with Gasteiger partial charge in [0.1, 0.15) is 0 Å². The summed E-state index contributed by atoms with van der Waals surface area (Å²) in [5.74, 6) is 0.117. The largest absolute Gasteiger partial charge is 0.325 e. The highest BCUT2D eigenvalue weighted by Gasteiger charge is 2.25. The first kappa shape index (κ1) is 18.1. The average molecular weight is 376 g/mol. The summed E-state index contributed by atoms with van der Waals surface area (Å²) >= 11 is 2.88. The first-order valence-electron chi connectivity index (χ1n) is 8.11. The van der Waals surface area contributed by atoms with E-state index in [1.165, 1.54) is 11.8 Å².